The minimum absolute atomic E-state index is 0.0507. The number of nitrogens with two attached hydrogens (primary N) is 1. The molecule has 1 aromatic rings. The Morgan fingerprint density at radius 3 is 2.50 bits per heavy atom. The molecule has 0 aliphatic carbocycles. The minimum atomic E-state index is -0.151. The van der Waals surface area contributed by atoms with Crippen LogP contribution >= 0.6 is 12.2 Å². The van der Waals surface area contributed by atoms with Crippen LogP contribution in [-0.4, -0.2) is 34.0 Å². The number of hydrogen-bond donors (Lipinski definition) is 2. The van der Waals surface area contributed by atoms with Crippen LogP contribution in [0.1, 0.15) is 35.7 Å². The molecule has 0 unspecified atom stereocenters. The normalized spacial score (nSPS) is 17.8. The summed E-state index contributed by atoms with van der Waals surface area (Å²) in [6.07, 6.45) is 1.57. The van der Waals surface area contributed by atoms with Crippen LogP contribution in [0.4, 0.5) is 0 Å². The van der Waals surface area contributed by atoms with Gasteiger partial charge in [0.05, 0.1) is 4.99 Å². The van der Waals surface area contributed by atoms with Crippen molar-refractivity contribution in [2.75, 3.05) is 13.1 Å². The molecule has 0 aromatic heterocycles. The van der Waals surface area contributed by atoms with E-state index in [0.29, 0.717) is 23.6 Å². The van der Waals surface area contributed by atoms with Gasteiger partial charge in [-0.25, -0.2) is 0 Å². The van der Waals surface area contributed by atoms with Gasteiger partial charge < -0.3 is 15.7 Å². The first-order valence-electron chi connectivity index (χ1n) is 6.72. The Labute approximate surface area is 124 Å². The monoisotopic (exact) mass is 292 g/mol. The fourth-order valence-electron chi connectivity index (χ4n) is 2.37. The highest BCUT2D eigenvalue weighted by Gasteiger charge is 2.34. The fraction of sp³-hybridized carbons (Fsp3) is 0.467. The zero-order chi connectivity index (χ0) is 14.9. The van der Waals surface area contributed by atoms with Crippen LogP contribution in [0.15, 0.2) is 18.2 Å². The average Bonchev–Trinajstić information content (AvgIpc) is 2.42. The van der Waals surface area contributed by atoms with Crippen LogP contribution in [0.2, 0.25) is 0 Å². The number of hydrogen-bond acceptors (Lipinski definition) is 3. The number of amides is 1. The SMILES string of the molecule is Cc1ccc(C(=O)N2CCC(C)(C(N)=S)CC2)cc1O. The molecule has 1 fully saturated rings. The summed E-state index contributed by atoms with van der Waals surface area (Å²) in [5.74, 6) is 0.103. The second kappa shape index (κ2) is 5.40. The number of piperidine rings is 1. The second-order valence-electron chi connectivity index (χ2n) is 5.72. The molecule has 1 aliphatic rings. The number of thiocarbonyl (C=S) groups is 1. The molecule has 1 saturated heterocycles. The van der Waals surface area contributed by atoms with Crippen molar-refractivity contribution < 1.29 is 9.90 Å². The van der Waals surface area contributed by atoms with Crippen molar-refractivity contribution >= 4 is 23.1 Å². The summed E-state index contributed by atoms with van der Waals surface area (Å²) in [7, 11) is 0. The Morgan fingerprint density at radius 1 is 1.40 bits per heavy atom. The number of nitrogens with zero attached hydrogens (tertiary/aromatic N) is 1. The molecule has 1 aliphatic heterocycles. The molecule has 0 radical (unpaired) electrons. The van der Waals surface area contributed by atoms with Crippen LogP contribution in [0, 0.1) is 12.3 Å². The summed E-state index contributed by atoms with van der Waals surface area (Å²) in [4.78, 5) is 14.7. The molecule has 0 atom stereocenters. The maximum Gasteiger partial charge on any atom is 0.253 e. The van der Waals surface area contributed by atoms with Crippen molar-refractivity contribution in [3.05, 3.63) is 29.3 Å². The summed E-state index contributed by atoms with van der Waals surface area (Å²) >= 11 is 5.10. The lowest BCUT2D eigenvalue weighted by Crippen LogP contribution is -2.46. The lowest BCUT2D eigenvalue weighted by atomic mass is 9.80. The van der Waals surface area contributed by atoms with Crippen molar-refractivity contribution in [1.82, 2.24) is 4.90 Å². The number of likely N-dealkylation sites (tertiary alicyclic amines) is 1. The maximum atomic E-state index is 12.4. The first-order valence-corrected chi connectivity index (χ1v) is 7.13. The van der Waals surface area contributed by atoms with E-state index < -0.39 is 0 Å². The highest BCUT2D eigenvalue weighted by atomic mass is 32.1. The molecule has 0 saturated carbocycles. The number of carbonyl (C=O) groups is 1. The molecule has 0 bridgehead atoms. The van der Waals surface area contributed by atoms with Gasteiger partial charge in [0.2, 0.25) is 0 Å². The largest absolute Gasteiger partial charge is 0.508 e. The standard InChI is InChI=1S/C15H20N2O2S/c1-10-3-4-11(9-12(10)18)13(19)17-7-5-15(2,6-8-17)14(16)20/h3-4,9,18H,5-8H2,1-2H3,(H2,16,20). The molecule has 108 valence electrons. The van der Waals surface area contributed by atoms with Crippen LogP contribution in [0.5, 0.6) is 5.75 Å². The van der Waals surface area contributed by atoms with Gasteiger partial charge in [-0.1, -0.05) is 25.2 Å². The van der Waals surface area contributed by atoms with Gasteiger partial charge in [-0.2, -0.15) is 0 Å². The molecule has 2 rings (SSSR count). The third kappa shape index (κ3) is 2.77. The third-order valence-electron chi connectivity index (χ3n) is 4.21. The molecule has 0 spiro atoms. The summed E-state index contributed by atoms with van der Waals surface area (Å²) in [5.41, 5.74) is 6.90. The van der Waals surface area contributed by atoms with E-state index in [1.807, 2.05) is 0 Å². The van der Waals surface area contributed by atoms with E-state index in [4.69, 9.17) is 18.0 Å². The minimum Gasteiger partial charge on any atom is -0.508 e. The fourth-order valence-corrected chi connectivity index (χ4v) is 2.58. The van der Waals surface area contributed by atoms with Crippen molar-refractivity contribution in [2.24, 2.45) is 11.1 Å². The number of phenolic OH excluding ortho intramolecular Hbond substituents is 1. The number of carbonyl (C=O) groups excluding carboxylic acids is 1. The van der Waals surface area contributed by atoms with Crippen LogP contribution in [0.25, 0.3) is 0 Å². The van der Waals surface area contributed by atoms with Gasteiger partial charge in [0.1, 0.15) is 5.75 Å². The Hall–Kier alpha value is -1.62. The van der Waals surface area contributed by atoms with Crippen LogP contribution in [-0.2, 0) is 0 Å². The van der Waals surface area contributed by atoms with Gasteiger partial charge in [0, 0.05) is 24.1 Å². The predicted molar refractivity (Wildman–Crippen MR) is 82.9 cm³/mol. The van der Waals surface area contributed by atoms with Crippen molar-refractivity contribution in [2.45, 2.75) is 26.7 Å². The average molecular weight is 292 g/mol. The number of benzene rings is 1. The Kier molecular flexibility index (Phi) is 3.99. The number of aryl methyl sites for hydroxylation is 1. The Bertz CT molecular complexity index is 549. The molecule has 1 aromatic carbocycles. The summed E-state index contributed by atoms with van der Waals surface area (Å²) in [5, 5.41) is 9.70. The number of rotatable bonds is 2. The van der Waals surface area contributed by atoms with E-state index in [0.717, 1.165) is 18.4 Å². The first kappa shape index (κ1) is 14.8. The van der Waals surface area contributed by atoms with Crippen LogP contribution < -0.4 is 5.73 Å². The lowest BCUT2D eigenvalue weighted by molar-refractivity contribution is 0.0670. The lowest BCUT2D eigenvalue weighted by Gasteiger charge is -2.38. The molecule has 1 heterocycles. The van der Waals surface area contributed by atoms with E-state index in [1.165, 1.54) is 6.07 Å². The van der Waals surface area contributed by atoms with E-state index in [-0.39, 0.29) is 17.1 Å². The van der Waals surface area contributed by atoms with Crippen molar-refractivity contribution in [3.63, 3.8) is 0 Å². The van der Waals surface area contributed by atoms with Gasteiger partial charge >= 0.3 is 0 Å². The molecule has 4 nitrogen and oxygen atoms in total. The molecule has 1 amide bonds. The Balaban J connectivity index is 2.08. The highest BCUT2D eigenvalue weighted by Crippen LogP contribution is 2.32. The van der Waals surface area contributed by atoms with Gasteiger partial charge in [-0.05, 0) is 37.5 Å². The quantitative estimate of drug-likeness (QED) is 0.820. The predicted octanol–water partition coefficient (Wildman–Crippen LogP) is 2.23. The molecule has 5 heteroatoms. The second-order valence-corrected chi connectivity index (χ2v) is 6.16. The maximum absolute atomic E-state index is 12.4. The molecule has 20 heavy (non-hydrogen) atoms. The first-order chi connectivity index (χ1) is 9.33. The number of phenols is 1. The van der Waals surface area contributed by atoms with E-state index in [1.54, 1.807) is 24.0 Å². The number of aromatic hydroxyl groups is 1. The zero-order valence-corrected chi connectivity index (χ0v) is 12.7. The van der Waals surface area contributed by atoms with Crippen molar-refractivity contribution in [3.8, 4) is 5.75 Å². The highest BCUT2D eigenvalue weighted by molar-refractivity contribution is 7.80. The topological polar surface area (TPSA) is 66.6 Å². The molecule has 3 N–H and O–H groups in total. The Morgan fingerprint density at radius 2 is 2.00 bits per heavy atom. The molecular formula is C15H20N2O2S. The summed E-state index contributed by atoms with van der Waals surface area (Å²) in [6.45, 7) is 5.13. The summed E-state index contributed by atoms with van der Waals surface area (Å²) < 4.78 is 0. The summed E-state index contributed by atoms with van der Waals surface area (Å²) in [6, 6.07) is 5.03. The zero-order valence-electron chi connectivity index (χ0n) is 11.8. The van der Waals surface area contributed by atoms with Crippen molar-refractivity contribution in [1.29, 1.82) is 0 Å². The smallest absolute Gasteiger partial charge is 0.253 e. The molecular weight excluding hydrogens is 272 g/mol. The van der Waals surface area contributed by atoms with E-state index in [2.05, 4.69) is 6.92 Å². The van der Waals surface area contributed by atoms with E-state index in [9.17, 15) is 9.90 Å². The van der Waals surface area contributed by atoms with Gasteiger partial charge in [-0.15, -0.1) is 0 Å². The van der Waals surface area contributed by atoms with Gasteiger partial charge in [0.15, 0.2) is 0 Å². The van der Waals surface area contributed by atoms with Crippen LogP contribution in [0.3, 0.4) is 0 Å². The van der Waals surface area contributed by atoms with Gasteiger partial charge in [0.25, 0.3) is 5.91 Å². The van der Waals surface area contributed by atoms with E-state index >= 15 is 0 Å². The third-order valence-corrected chi connectivity index (χ3v) is 4.70. The van der Waals surface area contributed by atoms with Gasteiger partial charge in [-0.3, -0.25) is 4.79 Å².